The molecule has 0 bridgehead atoms. The number of aromatic nitrogens is 2. The number of nitrogens with one attached hydrogen (secondary N) is 2. The minimum Gasteiger partial charge on any atom is -0.373 e. The Labute approximate surface area is 114 Å². The SMILES string of the molecule is CNc1nc(C)nc(NCCc2ccccc2)c1C. The fraction of sp³-hybridized carbons (Fsp3) is 0.333. The van der Waals surface area contributed by atoms with Gasteiger partial charge < -0.3 is 10.6 Å². The Morgan fingerprint density at radius 3 is 2.37 bits per heavy atom. The Balaban J connectivity index is 2.02. The van der Waals surface area contributed by atoms with Gasteiger partial charge >= 0.3 is 0 Å². The molecule has 0 saturated carbocycles. The van der Waals surface area contributed by atoms with E-state index >= 15 is 0 Å². The monoisotopic (exact) mass is 256 g/mol. The summed E-state index contributed by atoms with van der Waals surface area (Å²) in [5.74, 6) is 2.57. The molecular formula is C15H20N4. The quantitative estimate of drug-likeness (QED) is 0.863. The molecule has 0 aliphatic carbocycles. The average molecular weight is 256 g/mol. The molecule has 1 aromatic carbocycles. The topological polar surface area (TPSA) is 49.8 Å². The highest BCUT2D eigenvalue weighted by Crippen LogP contribution is 2.19. The van der Waals surface area contributed by atoms with E-state index in [-0.39, 0.29) is 0 Å². The summed E-state index contributed by atoms with van der Waals surface area (Å²) in [6, 6.07) is 10.4. The second-order valence-corrected chi connectivity index (χ2v) is 4.51. The lowest BCUT2D eigenvalue weighted by Crippen LogP contribution is -2.11. The number of nitrogens with zero attached hydrogens (tertiary/aromatic N) is 2. The highest BCUT2D eigenvalue weighted by molar-refractivity contribution is 5.56. The zero-order valence-electron chi connectivity index (χ0n) is 11.7. The first-order valence-electron chi connectivity index (χ1n) is 6.51. The van der Waals surface area contributed by atoms with Crippen molar-refractivity contribution in [2.75, 3.05) is 24.2 Å². The van der Waals surface area contributed by atoms with Crippen molar-refractivity contribution >= 4 is 11.6 Å². The summed E-state index contributed by atoms with van der Waals surface area (Å²) in [4.78, 5) is 8.81. The summed E-state index contributed by atoms with van der Waals surface area (Å²) in [6.07, 6.45) is 0.984. The third-order valence-electron chi connectivity index (χ3n) is 3.04. The van der Waals surface area contributed by atoms with Gasteiger partial charge in [0, 0.05) is 19.2 Å². The zero-order valence-corrected chi connectivity index (χ0v) is 11.7. The molecule has 0 aliphatic rings. The van der Waals surface area contributed by atoms with Gasteiger partial charge in [-0.25, -0.2) is 9.97 Å². The van der Waals surface area contributed by atoms with Crippen molar-refractivity contribution < 1.29 is 0 Å². The molecule has 2 N–H and O–H groups in total. The molecule has 1 aromatic heterocycles. The van der Waals surface area contributed by atoms with Crippen LogP contribution in [0.15, 0.2) is 30.3 Å². The molecule has 1 heterocycles. The maximum atomic E-state index is 4.45. The van der Waals surface area contributed by atoms with Crippen molar-refractivity contribution in [3.63, 3.8) is 0 Å². The van der Waals surface area contributed by atoms with Crippen LogP contribution >= 0.6 is 0 Å². The molecule has 2 rings (SSSR count). The number of benzene rings is 1. The minimum atomic E-state index is 0.775. The summed E-state index contributed by atoms with van der Waals surface area (Å²) in [5, 5.41) is 6.48. The number of hydrogen-bond donors (Lipinski definition) is 2. The maximum absolute atomic E-state index is 4.45. The summed E-state index contributed by atoms with van der Waals surface area (Å²) in [6.45, 7) is 4.79. The third kappa shape index (κ3) is 3.44. The van der Waals surface area contributed by atoms with Crippen molar-refractivity contribution in [3.05, 3.63) is 47.3 Å². The fourth-order valence-electron chi connectivity index (χ4n) is 2.01. The number of hydrogen-bond acceptors (Lipinski definition) is 4. The van der Waals surface area contributed by atoms with Crippen LogP contribution in [-0.2, 0) is 6.42 Å². The van der Waals surface area contributed by atoms with Crippen LogP contribution < -0.4 is 10.6 Å². The molecule has 4 nitrogen and oxygen atoms in total. The maximum Gasteiger partial charge on any atom is 0.134 e. The van der Waals surface area contributed by atoms with E-state index in [1.54, 1.807) is 0 Å². The predicted octanol–water partition coefficient (Wildman–Crippen LogP) is 2.79. The van der Waals surface area contributed by atoms with E-state index in [1.165, 1.54) is 5.56 Å². The molecule has 19 heavy (non-hydrogen) atoms. The smallest absolute Gasteiger partial charge is 0.134 e. The summed E-state index contributed by atoms with van der Waals surface area (Å²) in [5.41, 5.74) is 2.38. The first-order valence-corrected chi connectivity index (χ1v) is 6.51. The first kappa shape index (κ1) is 13.3. The van der Waals surface area contributed by atoms with Gasteiger partial charge in [-0.2, -0.15) is 0 Å². The molecule has 0 atom stereocenters. The summed E-state index contributed by atoms with van der Waals surface area (Å²) < 4.78 is 0. The zero-order chi connectivity index (χ0) is 13.7. The molecule has 0 amide bonds. The summed E-state index contributed by atoms with van der Waals surface area (Å²) in [7, 11) is 1.88. The Morgan fingerprint density at radius 1 is 1.00 bits per heavy atom. The lowest BCUT2D eigenvalue weighted by atomic mass is 10.1. The van der Waals surface area contributed by atoms with Crippen LogP contribution in [0.5, 0.6) is 0 Å². The van der Waals surface area contributed by atoms with Gasteiger partial charge in [-0.1, -0.05) is 30.3 Å². The highest BCUT2D eigenvalue weighted by atomic mass is 15.1. The molecule has 100 valence electrons. The normalized spacial score (nSPS) is 10.3. The van der Waals surface area contributed by atoms with E-state index in [0.29, 0.717) is 0 Å². The second-order valence-electron chi connectivity index (χ2n) is 4.51. The molecular weight excluding hydrogens is 236 g/mol. The van der Waals surface area contributed by atoms with E-state index in [0.717, 1.165) is 36.0 Å². The molecule has 0 aliphatic heterocycles. The Kier molecular flexibility index (Phi) is 4.34. The van der Waals surface area contributed by atoms with E-state index in [4.69, 9.17) is 0 Å². The molecule has 0 saturated heterocycles. The average Bonchev–Trinajstić information content (AvgIpc) is 2.43. The Bertz CT molecular complexity index is 537. The van der Waals surface area contributed by atoms with Crippen LogP contribution in [-0.4, -0.2) is 23.6 Å². The lowest BCUT2D eigenvalue weighted by Gasteiger charge is -2.12. The largest absolute Gasteiger partial charge is 0.373 e. The van der Waals surface area contributed by atoms with Crippen LogP contribution in [0.1, 0.15) is 17.0 Å². The van der Waals surface area contributed by atoms with Gasteiger partial charge in [-0.3, -0.25) is 0 Å². The van der Waals surface area contributed by atoms with E-state index in [2.05, 4.69) is 44.9 Å². The van der Waals surface area contributed by atoms with Crippen molar-refractivity contribution in [2.24, 2.45) is 0 Å². The van der Waals surface area contributed by atoms with Crippen LogP contribution in [0.25, 0.3) is 0 Å². The van der Waals surface area contributed by atoms with Crippen LogP contribution in [0.3, 0.4) is 0 Å². The standard InChI is InChI=1S/C15H20N4/c1-11-14(16-3)18-12(2)19-15(11)17-10-9-13-7-5-4-6-8-13/h4-8H,9-10H2,1-3H3,(H2,16,17,18,19). The van der Waals surface area contributed by atoms with Crippen molar-refractivity contribution in [1.82, 2.24) is 9.97 Å². The van der Waals surface area contributed by atoms with E-state index < -0.39 is 0 Å². The number of aryl methyl sites for hydroxylation is 1. The van der Waals surface area contributed by atoms with Crippen LogP contribution in [0.4, 0.5) is 11.6 Å². The van der Waals surface area contributed by atoms with Gasteiger partial charge in [0.25, 0.3) is 0 Å². The van der Waals surface area contributed by atoms with Gasteiger partial charge in [0.05, 0.1) is 0 Å². The van der Waals surface area contributed by atoms with Gasteiger partial charge in [0.15, 0.2) is 0 Å². The molecule has 0 fully saturated rings. The molecule has 2 aromatic rings. The highest BCUT2D eigenvalue weighted by Gasteiger charge is 2.07. The van der Waals surface area contributed by atoms with Crippen molar-refractivity contribution in [2.45, 2.75) is 20.3 Å². The molecule has 4 heteroatoms. The Morgan fingerprint density at radius 2 is 1.68 bits per heavy atom. The molecule has 0 spiro atoms. The Hall–Kier alpha value is -2.10. The van der Waals surface area contributed by atoms with Crippen molar-refractivity contribution in [3.8, 4) is 0 Å². The van der Waals surface area contributed by atoms with Crippen LogP contribution in [0.2, 0.25) is 0 Å². The van der Waals surface area contributed by atoms with Crippen molar-refractivity contribution in [1.29, 1.82) is 0 Å². The van der Waals surface area contributed by atoms with Crippen LogP contribution in [0, 0.1) is 13.8 Å². The van der Waals surface area contributed by atoms with Gasteiger partial charge in [0.1, 0.15) is 17.5 Å². The van der Waals surface area contributed by atoms with Gasteiger partial charge in [-0.05, 0) is 25.8 Å². The number of anilines is 2. The second kappa shape index (κ2) is 6.18. The fourth-order valence-corrected chi connectivity index (χ4v) is 2.01. The third-order valence-corrected chi connectivity index (χ3v) is 3.04. The lowest BCUT2D eigenvalue weighted by molar-refractivity contribution is 0.971. The van der Waals surface area contributed by atoms with Gasteiger partial charge in [0.2, 0.25) is 0 Å². The summed E-state index contributed by atoms with van der Waals surface area (Å²) >= 11 is 0. The molecule has 0 unspecified atom stereocenters. The minimum absolute atomic E-state index is 0.775. The van der Waals surface area contributed by atoms with Gasteiger partial charge in [-0.15, -0.1) is 0 Å². The first-order chi connectivity index (χ1) is 9.20. The molecule has 0 radical (unpaired) electrons. The van der Waals surface area contributed by atoms with E-state index in [1.807, 2.05) is 27.0 Å². The predicted molar refractivity (Wildman–Crippen MR) is 79.7 cm³/mol. The number of rotatable bonds is 5. The van der Waals surface area contributed by atoms with E-state index in [9.17, 15) is 0 Å².